The van der Waals surface area contributed by atoms with Crippen LogP contribution in [0, 0.1) is 0 Å². The van der Waals surface area contributed by atoms with E-state index in [0.717, 1.165) is 24.7 Å². The van der Waals surface area contributed by atoms with Crippen LogP contribution in [0.5, 0.6) is 11.5 Å². The van der Waals surface area contributed by atoms with E-state index < -0.39 is 40.7 Å². The third kappa shape index (κ3) is 9.43. The van der Waals surface area contributed by atoms with Crippen molar-refractivity contribution in [3.8, 4) is 11.5 Å². The Morgan fingerprint density at radius 3 is 2.27 bits per heavy atom. The van der Waals surface area contributed by atoms with Gasteiger partial charge in [-0.1, -0.05) is 46.0 Å². The highest BCUT2D eigenvalue weighted by molar-refractivity contribution is 7.78. The van der Waals surface area contributed by atoms with E-state index in [1.54, 1.807) is 55.5 Å². The minimum atomic E-state index is -4.88. The number of anilines is 2. The van der Waals surface area contributed by atoms with Crippen LogP contribution in [0.25, 0.3) is 0 Å². The molecule has 5 rings (SSSR count). The van der Waals surface area contributed by atoms with Crippen LogP contribution in [0.4, 0.5) is 24.5 Å². The van der Waals surface area contributed by atoms with Gasteiger partial charge in [-0.25, -0.2) is 0 Å². The SMILES string of the molecule is COc1cc(NC(C(=O)N2CC3(CC3)c3ccc(OC(F)(F)F)cc32)c2ccc(Cl)cc2)cc(/C(C)=N/OC(C)(C)C(N)=O)c1.CS(=O)[O-]. The van der Waals surface area contributed by atoms with Gasteiger partial charge in [-0.05, 0) is 81.3 Å². The number of benzene rings is 3. The summed E-state index contributed by atoms with van der Waals surface area (Å²) in [7, 11) is 1.49. The van der Waals surface area contributed by atoms with Crippen molar-refractivity contribution in [1.82, 2.24) is 0 Å². The Balaban J connectivity index is 0.00000128. The van der Waals surface area contributed by atoms with Gasteiger partial charge in [0.15, 0.2) is 0 Å². The molecule has 1 fully saturated rings. The topological polar surface area (TPSA) is 156 Å². The normalized spacial score (nSPS) is 16.1. The second-order valence-electron chi connectivity index (χ2n) is 12.1. The van der Waals surface area contributed by atoms with Gasteiger partial charge in [0.25, 0.3) is 11.8 Å². The van der Waals surface area contributed by atoms with Gasteiger partial charge in [0.2, 0.25) is 5.60 Å². The number of oxime groups is 1. The summed E-state index contributed by atoms with van der Waals surface area (Å²) >= 11 is 4.29. The molecule has 11 nitrogen and oxygen atoms in total. The van der Waals surface area contributed by atoms with Crippen molar-refractivity contribution in [3.63, 3.8) is 0 Å². The second kappa shape index (κ2) is 14.6. The summed E-state index contributed by atoms with van der Waals surface area (Å²) < 4.78 is 66.9. The minimum absolute atomic E-state index is 0.304. The third-order valence-corrected chi connectivity index (χ3v) is 8.22. The lowest BCUT2D eigenvalue weighted by Gasteiger charge is -2.27. The summed E-state index contributed by atoms with van der Waals surface area (Å²) in [5.74, 6) is -1.03. The van der Waals surface area contributed by atoms with Crippen molar-refractivity contribution >= 4 is 51.6 Å². The smallest absolute Gasteiger partial charge is 0.573 e. The highest BCUT2D eigenvalue weighted by atomic mass is 35.5. The summed E-state index contributed by atoms with van der Waals surface area (Å²) in [6.07, 6.45) is -2.16. The van der Waals surface area contributed by atoms with Crippen LogP contribution < -0.4 is 25.4 Å². The van der Waals surface area contributed by atoms with Gasteiger partial charge in [0, 0.05) is 40.4 Å². The van der Waals surface area contributed by atoms with E-state index >= 15 is 0 Å². The molecule has 2 aliphatic rings. The number of halogens is 4. The fourth-order valence-electron chi connectivity index (χ4n) is 5.18. The van der Waals surface area contributed by atoms with E-state index in [2.05, 4.69) is 15.2 Å². The van der Waals surface area contributed by atoms with E-state index in [1.807, 2.05) is 0 Å². The number of rotatable bonds is 10. The van der Waals surface area contributed by atoms with Crippen LogP contribution >= 0.6 is 11.6 Å². The van der Waals surface area contributed by atoms with E-state index in [4.69, 9.17) is 35.7 Å². The zero-order chi connectivity index (χ0) is 36.3. The van der Waals surface area contributed by atoms with Crippen LogP contribution in [0.3, 0.4) is 0 Å². The molecule has 49 heavy (non-hydrogen) atoms. The molecular weight excluding hydrogens is 689 g/mol. The van der Waals surface area contributed by atoms with Crippen molar-refractivity contribution in [2.45, 2.75) is 57.0 Å². The predicted molar refractivity (Wildman–Crippen MR) is 179 cm³/mol. The van der Waals surface area contributed by atoms with Gasteiger partial charge in [-0.2, -0.15) is 0 Å². The van der Waals surface area contributed by atoms with Gasteiger partial charge in [-0.3, -0.25) is 13.8 Å². The molecule has 1 saturated carbocycles. The molecule has 0 saturated heterocycles. The number of amides is 2. The summed E-state index contributed by atoms with van der Waals surface area (Å²) in [5, 5.41) is 7.84. The Morgan fingerprint density at radius 2 is 1.71 bits per heavy atom. The molecule has 1 aliphatic carbocycles. The van der Waals surface area contributed by atoms with E-state index in [1.165, 1.54) is 38.0 Å². The lowest BCUT2D eigenvalue weighted by molar-refractivity contribution is -0.274. The second-order valence-corrected chi connectivity index (χ2v) is 13.3. The number of primary amides is 1. The first-order chi connectivity index (χ1) is 22.8. The van der Waals surface area contributed by atoms with Crippen LogP contribution in [-0.4, -0.2) is 58.2 Å². The van der Waals surface area contributed by atoms with Gasteiger partial charge in [0.05, 0.1) is 18.5 Å². The molecular formula is C33H35ClF3N4O7S-. The Labute approximate surface area is 288 Å². The summed E-state index contributed by atoms with van der Waals surface area (Å²) in [6, 6.07) is 15.0. The monoisotopic (exact) mass is 723 g/mol. The molecule has 0 aromatic heterocycles. The maximum Gasteiger partial charge on any atom is 0.573 e. The third-order valence-electron chi connectivity index (χ3n) is 7.97. The average molecular weight is 724 g/mol. The predicted octanol–water partition coefficient (Wildman–Crippen LogP) is 5.98. The Kier molecular flexibility index (Phi) is 11.2. The molecule has 3 N–H and O–H groups in total. The van der Waals surface area contributed by atoms with Gasteiger partial charge < -0.3 is 34.8 Å². The van der Waals surface area contributed by atoms with E-state index in [9.17, 15) is 22.8 Å². The molecule has 2 unspecified atom stereocenters. The zero-order valence-corrected chi connectivity index (χ0v) is 28.8. The molecule has 16 heteroatoms. The Bertz CT molecular complexity index is 1760. The Hall–Kier alpha value is -4.34. The van der Waals surface area contributed by atoms with Crippen LogP contribution in [-0.2, 0) is 30.9 Å². The fourth-order valence-corrected chi connectivity index (χ4v) is 5.31. The van der Waals surface area contributed by atoms with E-state index in [0.29, 0.717) is 45.5 Å². The van der Waals surface area contributed by atoms with Crippen molar-refractivity contribution in [3.05, 3.63) is 82.4 Å². The minimum Gasteiger partial charge on any atom is -0.773 e. The van der Waals surface area contributed by atoms with Gasteiger partial charge in [0.1, 0.15) is 17.5 Å². The Morgan fingerprint density at radius 1 is 1.08 bits per heavy atom. The number of hydrogen-bond acceptors (Lipinski definition) is 9. The molecule has 264 valence electrons. The number of carbonyl (C=O) groups is 2. The number of methoxy groups -OCH3 is 1. The van der Waals surface area contributed by atoms with Crippen molar-refractivity contribution in [2.24, 2.45) is 10.9 Å². The van der Waals surface area contributed by atoms with Crippen LogP contribution in [0.15, 0.2) is 65.8 Å². The van der Waals surface area contributed by atoms with Gasteiger partial charge >= 0.3 is 6.36 Å². The maximum atomic E-state index is 14.4. The zero-order valence-electron chi connectivity index (χ0n) is 27.2. The molecule has 1 spiro atoms. The number of alkyl halides is 3. The number of nitrogens with one attached hydrogen (secondary N) is 1. The van der Waals surface area contributed by atoms with Crippen LogP contribution in [0.1, 0.15) is 56.3 Å². The maximum absolute atomic E-state index is 14.4. The molecule has 0 bridgehead atoms. The highest BCUT2D eigenvalue weighted by Gasteiger charge is 2.54. The van der Waals surface area contributed by atoms with Crippen molar-refractivity contribution in [1.29, 1.82) is 0 Å². The van der Waals surface area contributed by atoms with E-state index in [-0.39, 0.29) is 11.3 Å². The standard InChI is InChI=1S/C32H32ClF3N4O5.CH4O2S/c1-18(39-45-30(2,3)29(37)42)20-13-22(15-24(14-20)43-4)38-27(19-5-7-21(33)8-6-19)28(41)40-17-31(11-12-31)25-10-9-23(16-26(25)40)44-32(34,35)36;1-4(2)3/h5-10,13-16,27,38H,11-12,17H2,1-4H3,(H2,37,42);1H3,(H,2,3)/p-1/b39-18+;. The molecule has 2 amide bonds. The number of nitrogens with zero attached hydrogens (tertiary/aromatic N) is 2. The summed E-state index contributed by atoms with van der Waals surface area (Å²) in [4.78, 5) is 33.0. The van der Waals surface area contributed by atoms with Crippen molar-refractivity contribution < 1.29 is 45.8 Å². The molecule has 1 heterocycles. The first-order valence-electron chi connectivity index (χ1n) is 14.8. The molecule has 3 aromatic rings. The molecule has 3 aromatic carbocycles. The summed E-state index contributed by atoms with van der Waals surface area (Å²) in [5.41, 5.74) is 6.96. The van der Waals surface area contributed by atoms with Gasteiger partial charge in [-0.15, -0.1) is 13.2 Å². The number of hydrogen-bond donors (Lipinski definition) is 2. The molecule has 1 aliphatic heterocycles. The number of ether oxygens (including phenoxy) is 2. The van der Waals surface area contributed by atoms with Crippen LogP contribution in [0.2, 0.25) is 5.02 Å². The fraction of sp³-hybridized carbons (Fsp3) is 0.364. The lowest BCUT2D eigenvalue weighted by atomic mass is 9.99. The first kappa shape index (κ1) is 37.5. The quantitative estimate of drug-likeness (QED) is 0.147. The number of nitrogens with two attached hydrogens (primary N) is 1. The average Bonchev–Trinajstić information content (AvgIpc) is 3.73. The first-order valence-corrected chi connectivity index (χ1v) is 16.7. The van der Waals surface area contributed by atoms with Crippen molar-refractivity contribution in [2.75, 3.05) is 30.1 Å². The largest absolute Gasteiger partial charge is 0.773 e. The lowest BCUT2D eigenvalue weighted by Crippen LogP contribution is -2.39. The number of fused-ring (bicyclic) bond motifs is 2. The number of carbonyl (C=O) groups excluding carboxylic acids is 2. The highest BCUT2D eigenvalue weighted by Crippen LogP contribution is 2.57. The molecule has 0 radical (unpaired) electrons. The summed E-state index contributed by atoms with van der Waals surface area (Å²) in [6.45, 7) is 4.99. The molecule has 2 atom stereocenters.